The van der Waals surface area contributed by atoms with E-state index in [1.165, 1.54) is 11.1 Å². The van der Waals surface area contributed by atoms with Crippen LogP contribution in [0, 0.1) is 6.92 Å². The molecule has 0 unspecified atom stereocenters. The second kappa shape index (κ2) is 5.64. The van der Waals surface area contributed by atoms with Gasteiger partial charge in [-0.1, -0.05) is 11.6 Å². The number of methoxy groups -OCH3 is 1. The maximum Gasteiger partial charge on any atom is 0.137 e. The molecule has 0 radical (unpaired) electrons. The molecule has 0 aliphatic rings. The molecular formula is C11H16ClNOS. The molecule has 1 aromatic carbocycles. The number of benzene rings is 1. The predicted molar refractivity (Wildman–Crippen MR) is 68.1 cm³/mol. The summed E-state index contributed by atoms with van der Waals surface area (Å²) in [5, 5.41) is 0.658. The molecule has 0 N–H and O–H groups in total. The largest absolute Gasteiger partial charge is 0.495 e. The summed E-state index contributed by atoms with van der Waals surface area (Å²) in [5.74, 6) is 1.45. The average Bonchev–Trinajstić information content (AvgIpc) is 2.22. The SMILES string of the molecule is COc1cc(C)c(CN(C)CS)cc1Cl. The maximum atomic E-state index is 6.07. The number of rotatable bonds is 4. The van der Waals surface area contributed by atoms with Crippen LogP contribution in [0.5, 0.6) is 5.75 Å². The Morgan fingerprint density at radius 2 is 2.13 bits per heavy atom. The van der Waals surface area contributed by atoms with Gasteiger partial charge in [-0.3, -0.25) is 4.90 Å². The third-order valence-electron chi connectivity index (χ3n) is 2.29. The zero-order chi connectivity index (χ0) is 11.4. The van der Waals surface area contributed by atoms with Crippen molar-refractivity contribution in [2.45, 2.75) is 13.5 Å². The van der Waals surface area contributed by atoms with Crippen LogP contribution in [0.15, 0.2) is 12.1 Å². The number of nitrogens with zero attached hydrogens (tertiary/aromatic N) is 1. The van der Waals surface area contributed by atoms with Gasteiger partial charge >= 0.3 is 0 Å². The van der Waals surface area contributed by atoms with Crippen molar-refractivity contribution >= 4 is 24.2 Å². The zero-order valence-electron chi connectivity index (χ0n) is 9.25. The summed E-state index contributed by atoms with van der Waals surface area (Å²) < 4.78 is 5.15. The van der Waals surface area contributed by atoms with E-state index in [0.29, 0.717) is 5.02 Å². The van der Waals surface area contributed by atoms with Crippen LogP contribution >= 0.6 is 24.2 Å². The topological polar surface area (TPSA) is 12.5 Å². The van der Waals surface area contributed by atoms with Crippen LogP contribution in [0.3, 0.4) is 0 Å². The fourth-order valence-corrected chi connectivity index (χ4v) is 1.73. The van der Waals surface area contributed by atoms with Gasteiger partial charge in [-0.25, -0.2) is 0 Å². The van der Waals surface area contributed by atoms with Gasteiger partial charge in [0.2, 0.25) is 0 Å². The summed E-state index contributed by atoms with van der Waals surface area (Å²) >= 11 is 10.3. The van der Waals surface area contributed by atoms with Crippen molar-refractivity contribution in [3.63, 3.8) is 0 Å². The van der Waals surface area contributed by atoms with E-state index in [1.807, 2.05) is 19.2 Å². The summed E-state index contributed by atoms with van der Waals surface area (Å²) in [6.45, 7) is 2.90. The third-order valence-corrected chi connectivity index (χ3v) is 3.07. The van der Waals surface area contributed by atoms with Crippen LogP contribution in [0.25, 0.3) is 0 Å². The third kappa shape index (κ3) is 3.30. The van der Waals surface area contributed by atoms with E-state index in [1.54, 1.807) is 7.11 Å². The van der Waals surface area contributed by atoms with Crippen molar-refractivity contribution in [3.8, 4) is 5.75 Å². The monoisotopic (exact) mass is 245 g/mol. The van der Waals surface area contributed by atoms with Gasteiger partial charge in [-0.05, 0) is 37.2 Å². The molecule has 84 valence electrons. The Hall–Kier alpha value is -0.380. The van der Waals surface area contributed by atoms with Crippen molar-refractivity contribution in [2.24, 2.45) is 0 Å². The van der Waals surface area contributed by atoms with Crippen molar-refractivity contribution in [3.05, 3.63) is 28.3 Å². The highest BCUT2D eigenvalue weighted by Gasteiger charge is 2.07. The summed E-state index contributed by atoms with van der Waals surface area (Å²) in [5.41, 5.74) is 2.39. The first kappa shape index (κ1) is 12.7. The first-order chi connectivity index (χ1) is 7.08. The van der Waals surface area contributed by atoms with Crippen molar-refractivity contribution in [1.29, 1.82) is 0 Å². The second-order valence-electron chi connectivity index (χ2n) is 3.57. The number of ether oxygens (including phenoxy) is 1. The van der Waals surface area contributed by atoms with E-state index >= 15 is 0 Å². The Bertz CT molecular complexity index is 344. The molecule has 0 atom stereocenters. The van der Waals surface area contributed by atoms with E-state index < -0.39 is 0 Å². The zero-order valence-corrected chi connectivity index (χ0v) is 10.9. The van der Waals surface area contributed by atoms with Gasteiger partial charge in [0.1, 0.15) is 5.75 Å². The van der Waals surface area contributed by atoms with E-state index in [4.69, 9.17) is 16.3 Å². The molecule has 0 aliphatic carbocycles. The summed E-state index contributed by atoms with van der Waals surface area (Å²) in [7, 11) is 3.64. The molecule has 4 heteroatoms. The normalized spacial score (nSPS) is 10.8. The summed E-state index contributed by atoms with van der Waals surface area (Å²) in [4.78, 5) is 2.11. The lowest BCUT2D eigenvalue weighted by Crippen LogP contribution is -2.16. The fraction of sp³-hybridized carbons (Fsp3) is 0.455. The van der Waals surface area contributed by atoms with Gasteiger partial charge in [0, 0.05) is 12.4 Å². The first-order valence-corrected chi connectivity index (χ1v) is 5.72. The highest BCUT2D eigenvalue weighted by molar-refractivity contribution is 7.80. The second-order valence-corrected chi connectivity index (χ2v) is 4.26. The Morgan fingerprint density at radius 3 is 2.67 bits per heavy atom. The van der Waals surface area contributed by atoms with Crippen LogP contribution < -0.4 is 4.74 Å². The molecule has 2 nitrogen and oxygen atoms in total. The number of aryl methyl sites for hydroxylation is 1. The van der Waals surface area contributed by atoms with Crippen LogP contribution in [0.1, 0.15) is 11.1 Å². The van der Waals surface area contributed by atoms with Gasteiger partial charge in [-0.2, -0.15) is 12.6 Å². The Morgan fingerprint density at radius 1 is 1.47 bits per heavy atom. The lowest BCUT2D eigenvalue weighted by Gasteiger charge is -2.16. The van der Waals surface area contributed by atoms with Crippen molar-refractivity contribution in [1.82, 2.24) is 4.90 Å². The van der Waals surface area contributed by atoms with E-state index in [-0.39, 0.29) is 0 Å². The Kier molecular flexibility index (Phi) is 4.77. The molecular weight excluding hydrogens is 230 g/mol. The minimum atomic E-state index is 0.658. The molecule has 0 heterocycles. The predicted octanol–water partition coefficient (Wildman–Crippen LogP) is 2.98. The van der Waals surface area contributed by atoms with Gasteiger partial charge < -0.3 is 4.74 Å². The highest BCUT2D eigenvalue weighted by Crippen LogP contribution is 2.28. The molecule has 0 aliphatic heterocycles. The van der Waals surface area contributed by atoms with Gasteiger partial charge in [0.25, 0.3) is 0 Å². The van der Waals surface area contributed by atoms with Gasteiger partial charge in [0.05, 0.1) is 12.1 Å². The van der Waals surface area contributed by atoms with E-state index in [0.717, 1.165) is 18.2 Å². The highest BCUT2D eigenvalue weighted by atomic mass is 35.5. The molecule has 1 aromatic rings. The lowest BCUT2D eigenvalue weighted by atomic mass is 10.1. The summed E-state index contributed by atoms with van der Waals surface area (Å²) in [6, 6.07) is 3.92. The van der Waals surface area contributed by atoms with Gasteiger partial charge in [-0.15, -0.1) is 0 Å². The molecule has 15 heavy (non-hydrogen) atoms. The quantitative estimate of drug-likeness (QED) is 0.647. The van der Waals surface area contributed by atoms with Crippen LogP contribution in [-0.2, 0) is 6.54 Å². The number of hydrogen-bond acceptors (Lipinski definition) is 3. The van der Waals surface area contributed by atoms with Crippen molar-refractivity contribution < 1.29 is 4.74 Å². The molecule has 0 spiro atoms. The molecule has 0 saturated heterocycles. The fourth-order valence-electron chi connectivity index (χ4n) is 1.36. The molecule has 0 amide bonds. The lowest BCUT2D eigenvalue weighted by molar-refractivity contribution is 0.385. The smallest absolute Gasteiger partial charge is 0.137 e. The van der Waals surface area contributed by atoms with Crippen LogP contribution in [-0.4, -0.2) is 24.9 Å². The Balaban J connectivity index is 2.95. The first-order valence-electron chi connectivity index (χ1n) is 4.71. The van der Waals surface area contributed by atoms with E-state index in [2.05, 4.69) is 24.5 Å². The van der Waals surface area contributed by atoms with E-state index in [9.17, 15) is 0 Å². The van der Waals surface area contributed by atoms with Gasteiger partial charge in [0.15, 0.2) is 0 Å². The Labute approximate surface area is 102 Å². The number of hydrogen-bond donors (Lipinski definition) is 1. The van der Waals surface area contributed by atoms with Crippen LogP contribution in [0.2, 0.25) is 5.02 Å². The molecule has 0 fully saturated rings. The number of thiol groups is 1. The van der Waals surface area contributed by atoms with Crippen molar-refractivity contribution in [2.75, 3.05) is 20.0 Å². The minimum absolute atomic E-state index is 0.658. The summed E-state index contributed by atoms with van der Waals surface area (Å²) in [6.07, 6.45) is 0. The molecule has 0 aromatic heterocycles. The number of halogens is 1. The van der Waals surface area contributed by atoms with Crippen LogP contribution in [0.4, 0.5) is 0 Å². The standard InChI is InChI=1S/C11H16ClNOS/c1-8-4-11(14-3)10(12)5-9(8)6-13(2)7-15/h4-5,15H,6-7H2,1-3H3. The maximum absolute atomic E-state index is 6.07. The molecule has 0 saturated carbocycles. The average molecular weight is 246 g/mol. The molecule has 0 bridgehead atoms. The molecule has 1 rings (SSSR count). The minimum Gasteiger partial charge on any atom is -0.495 e.